The van der Waals surface area contributed by atoms with Crippen LogP contribution in [0.5, 0.6) is 5.75 Å². The summed E-state index contributed by atoms with van der Waals surface area (Å²) in [5.41, 5.74) is 0.712. The predicted octanol–water partition coefficient (Wildman–Crippen LogP) is 2.75. The molecule has 1 unspecified atom stereocenters. The minimum absolute atomic E-state index is 0.0649. The molecule has 0 heterocycles. The molecule has 0 radical (unpaired) electrons. The van der Waals surface area contributed by atoms with Gasteiger partial charge in [0.05, 0.1) is 23.7 Å². The first-order valence-corrected chi connectivity index (χ1v) is 7.69. The van der Waals surface area contributed by atoms with Gasteiger partial charge >= 0.3 is 0 Å². The molecule has 0 amide bonds. The summed E-state index contributed by atoms with van der Waals surface area (Å²) in [5, 5.41) is 0. The molecule has 0 saturated carbocycles. The summed E-state index contributed by atoms with van der Waals surface area (Å²) in [6, 6.07) is 12.6. The highest BCUT2D eigenvalue weighted by atomic mass is 32.2. The third-order valence-corrected chi connectivity index (χ3v) is 4.27. The second-order valence-electron chi connectivity index (χ2n) is 4.51. The number of ketones is 1. The summed E-state index contributed by atoms with van der Waals surface area (Å²) >= 11 is 0. The molecule has 0 aliphatic rings. The molecule has 5 heteroatoms. The molecule has 2 aromatic carbocycles. The number of hydrogen-bond donors (Lipinski definition) is 0. The van der Waals surface area contributed by atoms with E-state index in [1.165, 1.54) is 19.2 Å². The molecule has 2 aromatic rings. The van der Waals surface area contributed by atoms with Crippen molar-refractivity contribution < 1.29 is 18.1 Å². The molecular weight excluding hydrogens is 291 g/mol. The third kappa shape index (κ3) is 4.49. The zero-order valence-electron chi connectivity index (χ0n) is 11.5. The molecule has 0 spiro atoms. The Kier molecular flexibility index (Phi) is 5.22. The van der Waals surface area contributed by atoms with Crippen LogP contribution in [0.1, 0.15) is 5.56 Å². The number of benzene rings is 2. The van der Waals surface area contributed by atoms with Crippen LogP contribution >= 0.6 is 0 Å². The Bertz CT molecular complexity index is 653. The molecule has 0 N–H and O–H groups in total. The fourth-order valence-corrected chi connectivity index (χ4v) is 2.89. The second kappa shape index (κ2) is 7.13. The van der Waals surface area contributed by atoms with E-state index in [1.54, 1.807) is 36.4 Å². The number of hydrogen-bond acceptors (Lipinski definition) is 3. The van der Waals surface area contributed by atoms with Gasteiger partial charge in [-0.3, -0.25) is 9.00 Å². The van der Waals surface area contributed by atoms with Gasteiger partial charge in [-0.2, -0.15) is 0 Å². The van der Waals surface area contributed by atoms with Gasteiger partial charge < -0.3 is 4.74 Å². The zero-order chi connectivity index (χ0) is 15.2. The van der Waals surface area contributed by atoms with E-state index in [0.717, 1.165) is 0 Å². The third-order valence-electron chi connectivity index (χ3n) is 2.91. The van der Waals surface area contributed by atoms with E-state index in [1.807, 2.05) is 0 Å². The number of ether oxygens (including phenoxy) is 1. The van der Waals surface area contributed by atoms with Crippen molar-refractivity contribution in [1.82, 2.24) is 0 Å². The quantitative estimate of drug-likeness (QED) is 0.824. The van der Waals surface area contributed by atoms with Gasteiger partial charge in [-0.05, 0) is 35.9 Å². The van der Waals surface area contributed by atoms with Crippen molar-refractivity contribution in [3.8, 4) is 5.75 Å². The topological polar surface area (TPSA) is 43.4 Å². The Balaban J connectivity index is 1.98. The number of carbonyl (C=O) groups is 1. The summed E-state index contributed by atoms with van der Waals surface area (Å²) in [5.74, 6) is 0.0469. The summed E-state index contributed by atoms with van der Waals surface area (Å²) in [6.45, 7) is 0. The van der Waals surface area contributed by atoms with Crippen LogP contribution in [0.2, 0.25) is 0 Å². The molecule has 1 atom stereocenters. The first-order valence-electron chi connectivity index (χ1n) is 6.37. The van der Waals surface area contributed by atoms with Crippen LogP contribution in [0.4, 0.5) is 4.39 Å². The average molecular weight is 306 g/mol. The van der Waals surface area contributed by atoms with Gasteiger partial charge in [0, 0.05) is 11.3 Å². The van der Waals surface area contributed by atoms with Crippen molar-refractivity contribution in [3.05, 3.63) is 59.9 Å². The predicted molar refractivity (Wildman–Crippen MR) is 79.4 cm³/mol. The Morgan fingerprint density at radius 2 is 1.90 bits per heavy atom. The Morgan fingerprint density at radius 3 is 2.57 bits per heavy atom. The molecule has 110 valence electrons. The van der Waals surface area contributed by atoms with Crippen LogP contribution in [-0.4, -0.2) is 22.9 Å². The Morgan fingerprint density at radius 1 is 1.19 bits per heavy atom. The molecule has 0 fully saturated rings. The highest BCUT2D eigenvalue weighted by Gasteiger charge is 2.12. The van der Waals surface area contributed by atoms with Crippen molar-refractivity contribution in [2.45, 2.75) is 11.3 Å². The van der Waals surface area contributed by atoms with Crippen LogP contribution in [-0.2, 0) is 22.0 Å². The minimum Gasteiger partial charge on any atom is -0.497 e. The summed E-state index contributed by atoms with van der Waals surface area (Å²) in [6.07, 6.45) is 0.149. The molecular formula is C16H15FO3S. The van der Waals surface area contributed by atoms with Crippen molar-refractivity contribution in [2.75, 3.05) is 12.9 Å². The first-order chi connectivity index (χ1) is 10.1. The number of methoxy groups -OCH3 is 1. The van der Waals surface area contributed by atoms with Gasteiger partial charge in [0.25, 0.3) is 0 Å². The van der Waals surface area contributed by atoms with Gasteiger partial charge in [0.1, 0.15) is 17.3 Å². The van der Waals surface area contributed by atoms with Crippen LogP contribution in [0.25, 0.3) is 0 Å². The van der Waals surface area contributed by atoms with E-state index < -0.39 is 10.8 Å². The lowest BCUT2D eigenvalue weighted by Crippen LogP contribution is -2.13. The molecule has 0 aliphatic carbocycles. The van der Waals surface area contributed by atoms with E-state index in [-0.39, 0.29) is 23.8 Å². The van der Waals surface area contributed by atoms with E-state index in [0.29, 0.717) is 16.2 Å². The van der Waals surface area contributed by atoms with E-state index in [4.69, 9.17) is 4.74 Å². The van der Waals surface area contributed by atoms with E-state index in [9.17, 15) is 13.4 Å². The smallest absolute Gasteiger partial charge is 0.150 e. The molecule has 0 saturated heterocycles. The lowest BCUT2D eigenvalue weighted by Gasteiger charge is -2.05. The van der Waals surface area contributed by atoms with Crippen molar-refractivity contribution in [2.24, 2.45) is 0 Å². The van der Waals surface area contributed by atoms with Gasteiger partial charge in [-0.1, -0.05) is 18.2 Å². The van der Waals surface area contributed by atoms with Gasteiger partial charge in [0.15, 0.2) is 0 Å². The zero-order valence-corrected chi connectivity index (χ0v) is 12.4. The maximum atomic E-state index is 12.8. The summed E-state index contributed by atoms with van der Waals surface area (Å²) in [7, 11) is 0.122. The fraction of sp³-hybridized carbons (Fsp3) is 0.188. The SMILES string of the molecule is COc1cccc(S(=O)CC(=O)Cc2ccc(F)cc2)c1. The average Bonchev–Trinajstić information content (AvgIpc) is 2.49. The van der Waals surface area contributed by atoms with Crippen LogP contribution < -0.4 is 4.74 Å². The number of halogens is 1. The van der Waals surface area contributed by atoms with Gasteiger partial charge in [-0.15, -0.1) is 0 Å². The molecule has 2 rings (SSSR count). The molecule has 0 aromatic heterocycles. The molecule has 0 aliphatic heterocycles. The van der Waals surface area contributed by atoms with Crippen LogP contribution in [0.15, 0.2) is 53.4 Å². The molecule has 21 heavy (non-hydrogen) atoms. The maximum absolute atomic E-state index is 12.8. The van der Waals surface area contributed by atoms with Crippen molar-refractivity contribution >= 4 is 16.6 Å². The monoisotopic (exact) mass is 306 g/mol. The standard InChI is InChI=1S/C16H15FO3S/c1-20-15-3-2-4-16(10-15)21(19)11-14(18)9-12-5-7-13(17)8-6-12/h2-8,10H,9,11H2,1H3. The number of rotatable bonds is 6. The Hall–Kier alpha value is -2.01. The van der Waals surface area contributed by atoms with Gasteiger partial charge in [-0.25, -0.2) is 4.39 Å². The second-order valence-corrected chi connectivity index (χ2v) is 5.96. The fourth-order valence-electron chi connectivity index (χ4n) is 1.85. The van der Waals surface area contributed by atoms with Crippen LogP contribution in [0, 0.1) is 5.82 Å². The van der Waals surface area contributed by atoms with Crippen LogP contribution in [0.3, 0.4) is 0 Å². The summed E-state index contributed by atoms with van der Waals surface area (Å²) < 4.78 is 30.0. The van der Waals surface area contributed by atoms with Crippen molar-refractivity contribution in [1.29, 1.82) is 0 Å². The Labute approximate surface area is 125 Å². The largest absolute Gasteiger partial charge is 0.497 e. The highest BCUT2D eigenvalue weighted by Crippen LogP contribution is 2.16. The normalized spacial score (nSPS) is 11.9. The minimum atomic E-state index is -1.41. The molecule has 3 nitrogen and oxygen atoms in total. The van der Waals surface area contributed by atoms with Crippen molar-refractivity contribution in [3.63, 3.8) is 0 Å². The first kappa shape index (κ1) is 15.4. The number of carbonyl (C=O) groups excluding carboxylic acids is 1. The lowest BCUT2D eigenvalue weighted by molar-refractivity contribution is -0.116. The molecule has 0 bridgehead atoms. The lowest BCUT2D eigenvalue weighted by atomic mass is 10.1. The van der Waals surface area contributed by atoms with E-state index in [2.05, 4.69) is 0 Å². The maximum Gasteiger partial charge on any atom is 0.150 e. The highest BCUT2D eigenvalue weighted by molar-refractivity contribution is 7.85. The number of Topliss-reactive ketones (excluding diaryl/α,β-unsaturated/α-hetero) is 1. The van der Waals surface area contributed by atoms with Gasteiger partial charge in [0.2, 0.25) is 0 Å². The van der Waals surface area contributed by atoms with E-state index >= 15 is 0 Å². The summed E-state index contributed by atoms with van der Waals surface area (Å²) in [4.78, 5) is 12.5.